The number of benzene rings is 2. The van der Waals surface area contributed by atoms with Crippen molar-refractivity contribution in [3.8, 4) is 17.6 Å². The summed E-state index contributed by atoms with van der Waals surface area (Å²) >= 11 is 0. The quantitative estimate of drug-likeness (QED) is 0.732. The smallest absolute Gasteiger partial charge is 0.325 e. The highest BCUT2D eigenvalue weighted by molar-refractivity contribution is 6.02. The largest absolute Gasteiger partial charge is 0.486 e. The molecule has 1 unspecified atom stereocenters. The summed E-state index contributed by atoms with van der Waals surface area (Å²) in [6.07, 6.45) is 0. The average Bonchev–Trinajstić information content (AvgIpc) is 2.83. The molecule has 0 radical (unpaired) electrons. The molecule has 2 heterocycles. The minimum absolute atomic E-state index is 0.273. The average molecular weight is 453 g/mol. The lowest BCUT2D eigenvalue weighted by atomic mass is 10.1. The van der Waals surface area contributed by atoms with Gasteiger partial charge >= 0.3 is 6.03 Å². The molecule has 1 fully saturated rings. The molecular weight excluding hydrogens is 429 g/mol. The number of imide groups is 1. The molecule has 0 aromatic heterocycles. The fraction of sp³-hybridized carbons (Fsp3) is 0.348. The van der Waals surface area contributed by atoms with Gasteiger partial charge in [-0.05, 0) is 37.3 Å². The topological polar surface area (TPSA) is 107 Å². The van der Waals surface area contributed by atoms with E-state index in [1.807, 2.05) is 15.9 Å². The number of nitrogens with one attached hydrogen (secondary N) is 2. The van der Waals surface area contributed by atoms with Crippen molar-refractivity contribution in [3.05, 3.63) is 47.8 Å². The maximum absolute atomic E-state index is 14.3. The molecule has 10 heteroatoms. The van der Waals surface area contributed by atoms with Crippen LogP contribution in [0.15, 0.2) is 36.4 Å². The molecule has 2 aliphatic heterocycles. The summed E-state index contributed by atoms with van der Waals surface area (Å²) < 4.78 is 25.2. The molecule has 172 valence electrons. The van der Waals surface area contributed by atoms with E-state index in [1.165, 1.54) is 6.07 Å². The zero-order valence-corrected chi connectivity index (χ0v) is 18.1. The molecule has 9 nitrogen and oxygen atoms in total. The van der Waals surface area contributed by atoms with E-state index in [9.17, 15) is 14.0 Å². The fourth-order valence-electron chi connectivity index (χ4n) is 3.85. The predicted octanol–water partition coefficient (Wildman–Crippen LogP) is 2.33. The van der Waals surface area contributed by atoms with Crippen molar-refractivity contribution in [1.29, 1.82) is 5.26 Å². The monoisotopic (exact) mass is 453 g/mol. The SMILES string of the molecule is CC(C(=O)NC(=O)Nc1ccc2c(c1)OCCO2)N1CCN(c2ccc(C#N)cc2F)CC1. The van der Waals surface area contributed by atoms with Gasteiger partial charge in [-0.15, -0.1) is 0 Å². The number of carbonyl (C=O) groups is 2. The normalized spacial score (nSPS) is 16.5. The standard InChI is InChI=1S/C23H24FN5O4/c1-15(28-6-8-29(9-7-28)19-4-2-16(14-25)12-18(19)24)22(30)27-23(31)26-17-3-5-20-21(13-17)33-11-10-32-20/h2-5,12-13,15H,6-11H2,1H3,(H2,26,27,30,31). The number of nitrogens with zero attached hydrogens (tertiary/aromatic N) is 3. The van der Waals surface area contributed by atoms with Crippen molar-refractivity contribution < 1.29 is 23.5 Å². The van der Waals surface area contributed by atoms with Crippen LogP contribution in [-0.2, 0) is 4.79 Å². The summed E-state index contributed by atoms with van der Waals surface area (Å²) in [5.74, 6) is 0.277. The summed E-state index contributed by atoms with van der Waals surface area (Å²) in [5.41, 5.74) is 1.19. The van der Waals surface area contributed by atoms with E-state index in [1.54, 1.807) is 37.3 Å². The Kier molecular flexibility index (Phi) is 6.60. The van der Waals surface area contributed by atoms with Crippen LogP contribution in [0.25, 0.3) is 0 Å². The van der Waals surface area contributed by atoms with Crippen LogP contribution < -0.4 is 25.0 Å². The Morgan fingerprint density at radius 3 is 2.48 bits per heavy atom. The van der Waals surface area contributed by atoms with Gasteiger partial charge in [0.15, 0.2) is 11.5 Å². The molecular formula is C23H24FN5O4. The fourth-order valence-corrected chi connectivity index (χ4v) is 3.85. The number of amides is 3. The van der Waals surface area contributed by atoms with Crippen molar-refractivity contribution in [1.82, 2.24) is 10.2 Å². The third-order valence-corrected chi connectivity index (χ3v) is 5.70. The molecule has 1 atom stereocenters. The van der Waals surface area contributed by atoms with Gasteiger partial charge in [-0.1, -0.05) is 0 Å². The molecule has 3 amide bonds. The summed E-state index contributed by atoms with van der Waals surface area (Å²) in [4.78, 5) is 28.7. The maximum Gasteiger partial charge on any atom is 0.325 e. The number of hydrogen-bond acceptors (Lipinski definition) is 7. The van der Waals surface area contributed by atoms with Crippen LogP contribution >= 0.6 is 0 Å². The number of nitriles is 1. The highest BCUT2D eigenvalue weighted by atomic mass is 19.1. The minimum atomic E-state index is -0.637. The Morgan fingerprint density at radius 1 is 1.06 bits per heavy atom. The second-order valence-electron chi connectivity index (χ2n) is 7.78. The van der Waals surface area contributed by atoms with Crippen molar-refractivity contribution in [2.24, 2.45) is 0 Å². The number of urea groups is 1. The Hall–Kier alpha value is -3.84. The van der Waals surface area contributed by atoms with Crippen molar-refractivity contribution >= 4 is 23.3 Å². The first-order valence-corrected chi connectivity index (χ1v) is 10.6. The van der Waals surface area contributed by atoms with E-state index >= 15 is 0 Å². The molecule has 2 aromatic rings. The highest BCUT2D eigenvalue weighted by Crippen LogP contribution is 2.32. The van der Waals surface area contributed by atoms with E-state index < -0.39 is 23.8 Å². The summed E-state index contributed by atoms with van der Waals surface area (Å²) in [6.45, 7) is 4.72. The van der Waals surface area contributed by atoms with Crippen molar-refractivity contribution in [3.63, 3.8) is 0 Å². The Balaban J connectivity index is 1.28. The van der Waals surface area contributed by atoms with Crippen LogP contribution in [0.4, 0.5) is 20.6 Å². The molecule has 2 N–H and O–H groups in total. The Morgan fingerprint density at radius 2 is 1.79 bits per heavy atom. The van der Waals surface area contributed by atoms with E-state index in [4.69, 9.17) is 14.7 Å². The third-order valence-electron chi connectivity index (χ3n) is 5.70. The molecule has 0 spiro atoms. The number of piperazine rings is 1. The van der Waals surface area contributed by atoms with Gasteiger partial charge in [0.05, 0.1) is 23.4 Å². The van der Waals surface area contributed by atoms with Crippen molar-refractivity contribution in [2.75, 3.05) is 49.6 Å². The summed E-state index contributed by atoms with van der Waals surface area (Å²) in [7, 11) is 0. The molecule has 2 aliphatic rings. The number of carbonyl (C=O) groups excluding carboxylic acids is 2. The molecule has 0 saturated carbocycles. The predicted molar refractivity (Wildman–Crippen MR) is 119 cm³/mol. The van der Waals surface area contributed by atoms with Gasteiger partial charge in [-0.3, -0.25) is 15.0 Å². The third kappa shape index (κ3) is 5.15. The van der Waals surface area contributed by atoms with Gasteiger partial charge in [-0.2, -0.15) is 5.26 Å². The number of rotatable bonds is 4. The minimum Gasteiger partial charge on any atom is -0.486 e. The van der Waals surface area contributed by atoms with Gasteiger partial charge in [0.1, 0.15) is 19.0 Å². The van der Waals surface area contributed by atoms with E-state index in [2.05, 4.69) is 10.6 Å². The number of anilines is 2. The van der Waals surface area contributed by atoms with Crippen LogP contribution in [0.5, 0.6) is 11.5 Å². The van der Waals surface area contributed by atoms with Crippen LogP contribution in [-0.4, -0.2) is 62.3 Å². The molecule has 4 rings (SSSR count). The highest BCUT2D eigenvalue weighted by Gasteiger charge is 2.27. The van der Waals surface area contributed by atoms with Crippen LogP contribution in [0.3, 0.4) is 0 Å². The lowest BCUT2D eigenvalue weighted by Crippen LogP contribution is -2.55. The molecule has 0 aliphatic carbocycles. The first-order chi connectivity index (χ1) is 15.9. The van der Waals surface area contributed by atoms with E-state index in [-0.39, 0.29) is 5.56 Å². The Bertz CT molecular complexity index is 1090. The maximum atomic E-state index is 14.3. The lowest BCUT2D eigenvalue weighted by molar-refractivity contribution is -0.124. The van der Waals surface area contributed by atoms with Gasteiger partial charge in [0, 0.05) is 37.9 Å². The van der Waals surface area contributed by atoms with Gasteiger partial charge in [-0.25, -0.2) is 9.18 Å². The summed E-state index contributed by atoms with van der Waals surface area (Å²) in [5, 5.41) is 13.9. The molecule has 1 saturated heterocycles. The van der Waals surface area contributed by atoms with Crippen LogP contribution in [0, 0.1) is 17.1 Å². The molecule has 0 bridgehead atoms. The van der Waals surface area contributed by atoms with Crippen molar-refractivity contribution in [2.45, 2.75) is 13.0 Å². The Labute approximate surface area is 190 Å². The molecule has 2 aromatic carbocycles. The van der Waals surface area contributed by atoms with Gasteiger partial charge in [0.2, 0.25) is 5.91 Å². The zero-order valence-electron chi connectivity index (χ0n) is 18.1. The zero-order chi connectivity index (χ0) is 23.4. The first kappa shape index (κ1) is 22.4. The second kappa shape index (κ2) is 9.75. The van der Waals surface area contributed by atoms with Gasteiger partial charge < -0.3 is 19.7 Å². The van der Waals surface area contributed by atoms with Crippen LogP contribution in [0.2, 0.25) is 0 Å². The van der Waals surface area contributed by atoms with E-state index in [0.717, 1.165) is 0 Å². The van der Waals surface area contributed by atoms with E-state index in [0.29, 0.717) is 62.3 Å². The molecule has 33 heavy (non-hydrogen) atoms. The number of hydrogen-bond donors (Lipinski definition) is 2. The number of fused-ring (bicyclic) bond motifs is 1. The number of halogens is 1. The lowest BCUT2D eigenvalue weighted by Gasteiger charge is -2.38. The second-order valence-corrected chi connectivity index (χ2v) is 7.78. The number of ether oxygens (including phenoxy) is 2. The van der Waals surface area contributed by atoms with Crippen LogP contribution in [0.1, 0.15) is 12.5 Å². The summed E-state index contributed by atoms with van der Waals surface area (Å²) in [6, 6.07) is 10.2. The van der Waals surface area contributed by atoms with Gasteiger partial charge in [0.25, 0.3) is 0 Å². The first-order valence-electron chi connectivity index (χ1n) is 10.6.